The van der Waals surface area contributed by atoms with E-state index >= 15 is 0 Å². The third-order valence-electron chi connectivity index (χ3n) is 3.42. The van der Waals surface area contributed by atoms with Crippen molar-refractivity contribution >= 4 is 29.9 Å². The van der Waals surface area contributed by atoms with Crippen molar-refractivity contribution in [3.05, 3.63) is 23.8 Å². The lowest BCUT2D eigenvalue weighted by molar-refractivity contribution is 0.179. The minimum atomic E-state index is 0. The number of halogens is 1. The molecule has 3 N–H and O–H groups in total. The molecule has 0 aliphatic rings. The summed E-state index contributed by atoms with van der Waals surface area (Å²) in [5.41, 5.74) is 7.06. The first-order chi connectivity index (χ1) is 11.0. The molecule has 24 heavy (non-hydrogen) atoms. The number of guanidine groups is 1. The van der Waals surface area contributed by atoms with E-state index in [0.717, 1.165) is 17.9 Å². The van der Waals surface area contributed by atoms with E-state index in [2.05, 4.69) is 17.2 Å². The summed E-state index contributed by atoms with van der Waals surface area (Å²) in [6, 6.07) is 6.11. The lowest BCUT2D eigenvalue weighted by atomic mass is 10.0. The maximum absolute atomic E-state index is 5.88. The number of nitrogens with zero attached hydrogens (tertiary/aromatic N) is 1. The molecule has 1 aromatic carbocycles. The fourth-order valence-corrected chi connectivity index (χ4v) is 2.32. The molecule has 0 aliphatic heterocycles. The van der Waals surface area contributed by atoms with Crippen LogP contribution in [0, 0.1) is 5.92 Å². The average Bonchev–Trinajstić information content (AvgIpc) is 2.53. The van der Waals surface area contributed by atoms with Gasteiger partial charge in [0.2, 0.25) is 0 Å². The molecule has 138 valence electrons. The summed E-state index contributed by atoms with van der Waals surface area (Å²) in [5, 5.41) is 3.10. The molecule has 0 aromatic heterocycles. The second kappa shape index (κ2) is 12.2. The summed E-state index contributed by atoms with van der Waals surface area (Å²) in [5.74, 6) is 2.30. The predicted octanol–water partition coefficient (Wildman–Crippen LogP) is 2.44. The molecule has 0 bridgehead atoms. The van der Waals surface area contributed by atoms with Crippen molar-refractivity contribution in [2.75, 3.05) is 34.5 Å². The van der Waals surface area contributed by atoms with Crippen molar-refractivity contribution < 1.29 is 14.2 Å². The molecule has 0 fully saturated rings. The molecule has 0 radical (unpaired) electrons. The zero-order valence-corrected chi connectivity index (χ0v) is 17.5. The van der Waals surface area contributed by atoms with Crippen LogP contribution >= 0.6 is 24.0 Å². The number of hydrogen-bond acceptors (Lipinski definition) is 4. The highest BCUT2D eigenvalue weighted by Crippen LogP contribution is 2.28. The number of benzene rings is 1. The van der Waals surface area contributed by atoms with E-state index in [9.17, 15) is 0 Å². The van der Waals surface area contributed by atoms with E-state index in [0.29, 0.717) is 25.0 Å². The van der Waals surface area contributed by atoms with Gasteiger partial charge in [-0.25, -0.2) is 0 Å². The van der Waals surface area contributed by atoms with Gasteiger partial charge in [0.05, 0.1) is 20.8 Å². The van der Waals surface area contributed by atoms with Gasteiger partial charge in [-0.05, 0) is 37.0 Å². The Hall–Kier alpha value is -1.22. The van der Waals surface area contributed by atoms with Crippen molar-refractivity contribution in [1.29, 1.82) is 0 Å². The predicted molar refractivity (Wildman–Crippen MR) is 109 cm³/mol. The third kappa shape index (κ3) is 8.05. The molecule has 0 saturated heterocycles. The largest absolute Gasteiger partial charge is 0.493 e. The molecule has 0 aliphatic carbocycles. The Kier molecular flexibility index (Phi) is 11.6. The maximum Gasteiger partial charge on any atom is 0.188 e. The van der Waals surface area contributed by atoms with Gasteiger partial charge in [-0.2, -0.15) is 0 Å². The van der Waals surface area contributed by atoms with Crippen molar-refractivity contribution in [1.82, 2.24) is 5.32 Å². The van der Waals surface area contributed by atoms with Gasteiger partial charge in [-0.1, -0.05) is 13.0 Å². The summed E-state index contributed by atoms with van der Waals surface area (Å²) in [7, 11) is 4.94. The Balaban J connectivity index is 0.00000529. The van der Waals surface area contributed by atoms with E-state index in [4.69, 9.17) is 19.9 Å². The number of nitrogens with one attached hydrogen (secondary N) is 1. The molecule has 7 heteroatoms. The highest BCUT2D eigenvalue weighted by molar-refractivity contribution is 14.0. The van der Waals surface area contributed by atoms with Gasteiger partial charge in [-0.3, -0.25) is 4.99 Å². The minimum absolute atomic E-state index is 0. The normalized spacial score (nSPS) is 13.6. The molecular weight excluding hydrogens is 421 g/mol. The Bertz CT molecular complexity index is 512. The second-order valence-electron chi connectivity index (χ2n) is 5.73. The van der Waals surface area contributed by atoms with Gasteiger partial charge < -0.3 is 25.3 Å². The molecular formula is C17H30IN3O3. The number of rotatable bonds is 9. The SMILES string of the molecule is COCC(C)NC(N)=NCC(C)Cc1ccc(OC)c(OC)c1.I. The van der Waals surface area contributed by atoms with Crippen LogP contribution in [0.15, 0.2) is 23.2 Å². The van der Waals surface area contributed by atoms with Crippen molar-refractivity contribution in [2.24, 2.45) is 16.6 Å². The van der Waals surface area contributed by atoms with Gasteiger partial charge in [0, 0.05) is 19.7 Å². The lowest BCUT2D eigenvalue weighted by Gasteiger charge is -2.15. The summed E-state index contributed by atoms with van der Waals surface area (Å²) in [4.78, 5) is 4.39. The van der Waals surface area contributed by atoms with Crippen LogP contribution in [0.5, 0.6) is 11.5 Å². The fourth-order valence-electron chi connectivity index (χ4n) is 2.32. The van der Waals surface area contributed by atoms with E-state index in [1.807, 2.05) is 25.1 Å². The smallest absolute Gasteiger partial charge is 0.188 e. The second-order valence-corrected chi connectivity index (χ2v) is 5.73. The van der Waals surface area contributed by atoms with Gasteiger partial charge in [0.15, 0.2) is 17.5 Å². The Morgan fingerprint density at radius 1 is 1.17 bits per heavy atom. The molecule has 2 atom stereocenters. The van der Waals surface area contributed by atoms with Gasteiger partial charge in [0.1, 0.15) is 0 Å². The standard InChI is InChI=1S/C17H29N3O3.HI/c1-12(10-19-17(18)20-13(2)11-21-3)8-14-6-7-15(22-4)16(9-14)23-5;/h6-7,9,12-13H,8,10-11H2,1-5H3,(H3,18,19,20);1H. The average molecular weight is 451 g/mol. The van der Waals surface area contributed by atoms with Crippen molar-refractivity contribution in [3.8, 4) is 11.5 Å². The zero-order valence-electron chi connectivity index (χ0n) is 15.2. The highest BCUT2D eigenvalue weighted by atomic mass is 127. The molecule has 1 rings (SSSR count). The Morgan fingerprint density at radius 3 is 2.42 bits per heavy atom. The van der Waals surface area contributed by atoms with Gasteiger partial charge >= 0.3 is 0 Å². The lowest BCUT2D eigenvalue weighted by Crippen LogP contribution is -2.41. The van der Waals surface area contributed by atoms with Crippen molar-refractivity contribution in [2.45, 2.75) is 26.3 Å². The van der Waals surface area contributed by atoms with Gasteiger partial charge in [0.25, 0.3) is 0 Å². The summed E-state index contributed by atoms with van der Waals surface area (Å²) in [6.07, 6.45) is 0.894. The summed E-state index contributed by atoms with van der Waals surface area (Å²) < 4.78 is 15.6. The highest BCUT2D eigenvalue weighted by Gasteiger charge is 2.09. The van der Waals surface area contributed by atoms with Crippen LogP contribution in [0.25, 0.3) is 0 Å². The fraction of sp³-hybridized carbons (Fsp3) is 0.588. The van der Waals surface area contributed by atoms with Crippen LogP contribution in [0.4, 0.5) is 0 Å². The van der Waals surface area contributed by atoms with E-state index in [-0.39, 0.29) is 30.0 Å². The van der Waals surface area contributed by atoms with E-state index in [1.165, 1.54) is 5.56 Å². The quantitative estimate of drug-likeness (QED) is 0.343. The first-order valence-corrected chi connectivity index (χ1v) is 7.76. The Morgan fingerprint density at radius 2 is 1.83 bits per heavy atom. The molecule has 0 amide bonds. The van der Waals surface area contributed by atoms with Crippen LogP contribution in [0.2, 0.25) is 0 Å². The van der Waals surface area contributed by atoms with E-state index < -0.39 is 0 Å². The molecule has 0 heterocycles. The zero-order chi connectivity index (χ0) is 17.2. The minimum Gasteiger partial charge on any atom is -0.493 e. The first kappa shape index (κ1) is 22.8. The number of nitrogens with two attached hydrogens (primary N) is 1. The third-order valence-corrected chi connectivity index (χ3v) is 3.42. The van der Waals surface area contributed by atoms with Crippen LogP contribution < -0.4 is 20.5 Å². The van der Waals surface area contributed by atoms with E-state index in [1.54, 1.807) is 21.3 Å². The van der Waals surface area contributed by atoms with Crippen LogP contribution in [0.1, 0.15) is 19.4 Å². The molecule has 2 unspecified atom stereocenters. The van der Waals surface area contributed by atoms with Crippen LogP contribution in [0.3, 0.4) is 0 Å². The monoisotopic (exact) mass is 451 g/mol. The summed E-state index contributed by atoms with van der Waals surface area (Å²) >= 11 is 0. The topological polar surface area (TPSA) is 78.1 Å². The number of ether oxygens (including phenoxy) is 3. The van der Waals surface area contributed by atoms with Crippen molar-refractivity contribution in [3.63, 3.8) is 0 Å². The molecule has 0 spiro atoms. The number of hydrogen-bond donors (Lipinski definition) is 2. The molecule has 6 nitrogen and oxygen atoms in total. The first-order valence-electron chi connectivity index (χ1n) is 7.76. The number of methoxy groups -OCH3 is 3. The Labute approximate surface area is 162 Å². The molecule has 1 aromatic rings. The maximum atomic E-state index is 5.88. The van der Waals surface area contributed by atoms with Crippen LogP contribution in [-0.4, -0.2) is 46.5 Å². The summed E-state index contributed by atoms with van der Waals surface area (Å²) in [6.45, 7) is 5.40. The van der Waals surface area contributed by atoms with Gasteiger partial charge in [-0.15, -0.1) is 24.0 Å². The van der Waals surface area contributed by atoms with Crippen LogP contribution in [-0.2, 0) is 11.2 Å². The molecule has 0 saturated carbocycles. The number of aliphatic imine (C=N–C) groups is 1.